The Labute approximate surface area is 89.5 Å². The van der Waals surface area contributed by atoms with Crippen LogP contribution in [-0.2, 0) is 9.59 Å². The lowest BCUT2D eigenvalue weighted by Gasteiger charge is -2.14. The fraction of sp³-hybridized carbons (Fsp3) is 0.800. The van der Waals surface area contributed by atoms with Gasteiger partial charge in [0.25, 0.3) is 0 Å². The molecule has 1 amide bonds. The number of rotatable bonds is 7. The molecule has 0 saturated carbocycles. The predicted molar refractivity (Wildman–Crippen MR) is 55.3 cm³/mol. The minimum atomic E-state index is -0.890. The number of hydrogen-bond acceptors (Lipinski definition) is 3. The maximum absolute atomic E-state index is 11.3. The van der Waals surface area contributed by atoms with E-state index in [2.05, 4.69) is 5.32 Å². The third-order valence-corrected chi connectivity index (χ3v) is 2.03. The molecule has 0 aliphatic heterocycles. The van der Waals surface area contributed by atoms with Crippen LogP contribution in [-0.4, -0.2) is 34.7 Å². The molecule has 2 unspecified atom stereocenters. The number of amides is 1. The zero-order valence-corrected chi connectivity index (χ0v) is 9.19. The van der Waals surface area contributed by atoms with Gasteiger partial charge in [-0.3, -0.25) is 9.59 Å². The first-order valence-corrected chi connectivity index (χ1v) is 5.07. The van der Waals surface area contributed by atoms with Crippen LogP contribution in [0.2, 0.25) is 0 Å². The van der Waals surface area contributed by atoms with E-state index in [0.717, 1.165) is 0 Å². The molecule has 15 heavy (non-hydrogen) atoms. The summed E-state index contributed by atoms with van der Waals surface area (Å²) in [5.74, 6) is -1.22. The fourth-order valence-corrected chi connectivity index (χ4v) is 1.29. The van der Waals surface area contributed by atoms with E-state index in [9.17, 15) is 9.59 Å². The average molecular weight is 217 g/mol. The minimum absolute atomic E-state index is 0.00179. The molecule has 5 heteroatoms. The van der Waals surface area contributed by atoms with Crippen molar-refractivity contribution in [3.05, 3.63) is 0 Å². The Balaban J connectivity index is 3.77. The molecule has 0 bridgehead atoms. The number of aliphatic hydroxyl groups excluding tert-OH is 1. The van der Waals surface area contributed by atoms with Crippen molar-refractivity contribution in [1.82, 2.24) is 5.32 Å². The van der Waals surface area contributed by atoms with E-state index in [0.29, 0.717) is 6.42 Å². The number of carboxylic acids is 1. The molecule has 0 aromatic rings. The molecular formula is C10H19NO4. The third kappa shape index (κ3) is 7.93. The van der Waals surface area contributed by atoms with E-state index in [4.69, 9.17) is 10.2 Å². The van der Waals surface area contributed by atoms with Crippen molar-refractivity contribution in [3.8, 4) is 0 Å². The topological polar surface area (TPSA) is 86.6 Å². The smallest absolute Gasteiger partial charge is 0.303 e. The molecule has 0 rings (SSSR count). The number of hydrogen-bond donors (Lipinski definition) is 3. The summed E-state index contributed by atoms with van der Waals surface area (Å²) >= 11 is 0. The van der Waals surface area contributed by atoms with Gasteiger partial charge in [0.2, 0.25) is 5.91 Å². The van der Waals surface area contributed by atoms with E-state index in [1.807, 2.05) is 0 Å². The monoisotopic (exact) mass is 217 g/mol. The molecule has 5 nitrogen and oxygen atoms in total. The molecule has 2 atom stereocenters. The first kappa shape index (κ1) is 13.9. The van der Waals surface area contributed by atoms with Gasteiger partial charge in [-0.05, 0) is 19.3 Å². The zero-order chi connectivity index (χ0) is 11.8. The van der Waals surface area contributed by atoms with Crippen LogP contribution < -0.4 is 5.32 Å². The zero-order valence-electron chi connectivity index (χ0n) is 9.19. The fourth-order valence-electron chi connectivity index (χ4n) is 1.29. The molecule has 0 aromatic heterocycles. The maximum atomic E-state index is 11.3. The minimum Gasteiger partial charge on any atom is -0.481 e. The molecule has 88 valence electrons. The first-order valence-electron chi connectivity index (χ1n) is 5.07. The molecule has 0 saturated heterocycles. The number of nitrogens with one attached hydrogen (secondary N) is 1. The third-order valence-electron chi connectivity index (χ3n) is 2.03. The Hall–Kier alpha value is -1.10. The van der Waals surface area contributed by atoms with Crippen LogP contribution in [0.3, 0.4) is 0 Å². The Morgan fingerprint density at radius 2 is 1.87 bits per heavy atom. The molecule has 0 aliphatic carbocycles. The summed E-state index contributed by atoms with van der Waals surface area (Å²) in [6.07, 6.45) is 0.725. The van der Waals surface area contributed by atoms with E-state index < -0.39 is 5.97 Å². The lowest BCUT2D eigenvalue weighted by molar-refractivity contribution is -0.138. The van der Waals surface area contributed by atoms with Crippen molar-refractivity contribution < 1.29 is 19.8 Å². The van der Waals surface area contributed by atoms with E-state index >= 15 is 0 Å². The van der Waals surface area contributed by atoms with Crippen molar-refractivity contribution in [3.63, 3.8) is 0 Å². The highest BCUT2D eigenvalue weighted by molar-refractivity contribution is 5.77. The summed E-state index contributed by atoms with van der Waals surface area (Å²) < 4.78 is 0. The van der Waals surface area contributed by atoms with Gasteiger partial charge in [0, 0.05) is 25.5 Å². The summed E-state index contributed by atoms with van der Waals surface area (Å²) in [5, 5.41) is 19.8. The predicted octanol–water partition coefficient (Wildman–Crippen LogP) is 0.374. The SMILES string of the molecule is CC(CC(=O)O)CC(=O)NC(C)CCO. The number of carboxylic acid groups (broad SMARTS) is 1. The van der Waals surface area contributed by atoms with Crippen molar-refractivity contribution >= 4 is 11.9 Å². The lowest BCUT2D eigenvalue weighted by atomic mass is 10.0. The Morgan fingerprint density at radius 1 is 1.27 bits per heavy atom. The highest BCUT2D eigenvalue weighted by Crippen LogP contribution is 2.07. The van der Waals surface area contributed by atoms with Crippen molar-refractivity contribution in [1.29, 1.82) is 0 Å². The van der Waals surface area contributed by atoms with Crippen molar-refractivity contribution in [2.75, 3.05) is 6.61 Å². The van der Waals surface area contributed by atoms with Gasteiger partial charge in [0.15, 0.2) is 0 Å². The average Bonchev–Trinajstić information content (AvgIpc) is 2.00. The summed E-state index contributed by atoms with van der Waals surface area (Å²) in [5.41, 5.74) is 0. The normalized spacial score (nSPS) is 14.3. The van der Waals surface area contributed by atoms with E-state index in [-0.39, 0.29) is 37.3 Å². The Morgan fingerprint density at radius 3 is 2.33 bits per heavy atom. The Kier molecular flexibility index (Phi) is 6.70. The quantitative estimate of drug-likeness (QED) is 0.575. The summed E-state index contributed by atoms with van der Waals surface area (Å²) in [6, 6.07) is -0.0699. The second-order valence-corrected chi connectivity index (χ2v) is 3.89. The first-order chi connectivity index (χ1) is 6.95. The summed E-state index contributed by atoms with van der Waals surface area (Å²) in [6.45, 7) is 3.56. The lowest BCUT2D eigenvalue weighted by Crippen LogP contribution is -2.34. The maximum Gasteiger partial charge on any atom is 0.303 e. The van der Waals surface area contributed by atoms with E-state index in [1.165, 1.54) is 0 Å². The number of aliphatic hydroxyl groups is 1. The van der Waals surface area contributed by atoms with Crippen LogP contribution in [0.5, 0.6) is 0 Å². The largest absolute Gasteiger partial charge is 0.481 e. The number of aliphatic carboxylic acids is 1. The molecule has 0 aliphatic rings. The summed E-state index contributed by atoms with van der Waals surface area (Å²) in [4.78, 5) is 21.7. The van der Waals surface area contributed by atoms with Gasteiger partial charge in [0.05, 0.1) is 0 Å². The van der Waals surface area contributed by atoms with E-state index in [1.54, 1.807) is 13.8 Å². The van der Waals surface area contributed by atoms with Crippen LogP contribution in [0, 0.1) is 5.92 Å². The standard InChI is InChI=1S/C10H19NO4/c1-7(6-10(14)15)5-9(13)11-8(2)3-4-12/h7-8,12H,3-6H2,1-2H3,(H,11,13)(H,14,15). The molecule has 0 fully saturated rings. The second-order valence-electron chi connectivity index (χ2n) is 3.89. The number of carbonyl (C=O) groups excluding carboxylic acids is 1. The molecule has 0 radical (unpaired) electrons. The van der Waals surface area contributed by atoms with Gasteiger partial charge in [-0.25, -0.2) is 0 Å². The molecule has 0 heterocycles. The highest BCUT2D eigenvalue weighted by atomic mass is 16.4. The van der Waals surface area contributed by atoms with Crippen molar-refractivity contribution in [2.24, 2.45) is 5.92 Å². The molecular weight excluding hydrogens is 198 g/mol. The van der Waals surface area contributed by atoms with Gasteiger partial charge < -0.3 is 15.5 Å². The van der Waals surface area contributed by atoms with Crippen LogP contribution in [0.15, 0.2) is 0 Å². The second kappa shape index (κ2) is 7.23. The van der Waals surface area contributed by atoms with Gasteiger partial charge in [-0.1, -0.05) is 6.92 Å². The van der Waals surface area contributed by atoms with Gasteiger partial charge >= 0.3 is 5.97 Å². The van der Waals surface area contributed by atoms with Crippen LogP contribution in [0.25, 0.3) is 0 Å². The van der Waals surface area contributed by atoms with Gasteiger partial charge in [-0.2, -0.15) is 0 Å². The highest BCUT2D eigenvalue weighted by Gasteiger charge is 2.13. The van der Waals surface area contributed by atoms with Crippen LogP contribution in [0.1, 0.15) is 33.1 Å². The molecule has 0 aromatic carbocycles. The summed E-state index contributed by atoms with van der Waals surface area (Å²) in [7, 11) is 0. The molecule has 3 N–H and O–H groups in total. The Bertz CT molecular complexity index is 217. The van der Waals surface area contributed by atoms with Crippen LogP contribution >= 0.6 is 0 Å². The molecule has 0 spiro atoms. The van der Waals surface area contributed by atoms with Gasteiger partial charge in [0.1, 0.15) is 0 Å². The number of carbonyl (C=O) groups is 2. The van der Waals surface area contributed by atoms with Crippen molar-refractivity contribution in [2.45, 2.75) is 39.2 Å². The van der Waals surface area contributed by atoms with Gasteiger partial charge in [-0.15, -0.1) is 0 Å². The van der Waals surface area contributed by atoms with Crippen LogP contribution in [0.4, 0.5) is 0 Å².